The van der Waals surface area contributed by atoms with Crippen molar-refractivity contribution in [1.82, 2.24) is 0 Å². The summed E-state index contributed by atoms with van der Waals surface area (Å²) in [4.78, 5) is 11.3. The molecule has 1 aromatic carbocycles. The van der Waals surface area contributed by atoms with Crippen LogP contribution in [0.25, 0.3) is 0 Å². The van der Waals surface area contributed by atoms with Crippen LogP contribution in [0.5, 0.6) is 0 Å². The van der Waals surface area contributed by atoms with Crippen LogP contribution in [0.2, 0.25) is 0 Å². The average Bonchev–Trinajstić information content (AvgIpc) is 2.61. The fourth-order valence-electron chi connectivity index (χ4n) is 2.25. The molecule has 0 bridgehead atoms. The third-order valence-corrected chi connectivity index (χ3v) is 3.71. The van der Waals surface area contributed by atoms with Crippen molar-refractivity contribution in [2.45, 2.75) is 38.8 Å². The summed E-state index contributed by atoms with van der Waals surface area (Å²) in [5, 5.41) is 12.6. The second-order valence-corrected chi connectivity index (χ2v) is 5.16. The SMILES string of the molecule is Cc1ccc(NC2(C)CCOC2C)c(C(=O)O)c1. The van der Waals surface area contributed by atoms with E-state index in [1.807, 2.05) is 26.0 Å². The average molecular weight is 249 g/mol. The summed E-state index contributed by atoms with van der Waals surface area (Å²) >= 11 is 0. The number of aryl methyl sites for hydroxylation is 1. The summed E-state index contributed by atoms with van der Waals surface area (Å²) in [5.41, 5.74) is 1.71. The van der Waals surface area contributed by atoms with Gasteiger partial charge in [-0.2, -0.15) is 0 Å². The maximum Gasteiger partial charge on any atom is 0.337 e. The van der Waals surface area contributed by atoms with E-state index in [1.54, 1.807) is 6.07 Å². The normalized spacial score (nSPS) is 27.2. The van der Waals surface area contributed by atoms with Crippen molar-refractivity contribution in [2.75, 3.05) is 11.9 Å². The van der Waals surface area contributed by atoms with Gasteiger partial charge in [0.2, 0.25) is 0 Å². The Balaban J connectivity index is 2.31. The van der Waals surface area contributed by atoms with Gasteiger partial charge in [0.25, 0.3) is 0 Å². The highest BCUT2D eigenvalue weighted by Crippen LogP contribution is 2.31. The molecule has 0 aromatic heterocycles. The van der Waals surface area contributed by atoms with Gasteiger partial charge in [0, 0.05) is 12.3 Å². The van der Waals surface area contributed by atoms with E-state index in [2.05, 4.69) is 12.2 Å². The fraction of sp³-hybridized carbons (Fsp3) is 0.500. The lowest BCUT2D eigenvalue weighted by Crippen LogP contribution is -2.41. The summed E-state index contributed by atoms with van der Waals surface area (Å²) in [5.74, 6) is -0.906. The molecule has 2 unspecified atom stereocenters. The highest BCUT2D eigenvalue weighted by Gasteiger charge is 2.37. The molecule has 1 heterocycles. The summed E-state index contributed by atoms with van der Waals surface area (Å²) in [6, 6.07) is 5.43. The largest absolute Gasteiger partial charge is 0.478 e. The van der Waals surface area contributed by atoms with Crippen LogP contribution < -0.4 is 5.32 Å². The van der Waals surface area contributed by atoms with Crippen molar-refractivity contribution in [3.05, 3.63) is 29.3 Å². The highest BCUT2D eigenvalue weighted by molar-refractivity contribution is 5.94. The zero-order valence-corrected chi connectivity index (χ0v) is 11.0. The first-order valence-electron chi connectivity index (χ1n) is 6.16. The predicted molar refractivity (Wildman–Crippen MR) is 70.2 cm³/mol. The first kappa shape index (κ1) is 12.9. The molecule has 1 aliphatic heterocycles. The van der Waals surface area contributed by atoms with Crippen LogP contribution >= 0.6 is 0 Å². The standard InChI is InChI=1S/C14H19NO3/c1-9-4-5-12(11(8-9)13(16)17)15-14(3)6-7-18-10(14)2/h4-5,8,10,15H,6-7H2,1-3H3,(H,16,17). The van der Waals surface area contributed by atoms with Gasteiger partial charge in [-0.3, -0.25) is 0 Å². The minimum absolute atomic E-state index is 0.0699. The molecular weight excluding hydrogens is 230 g/mol. The maximum absolute atomic E-state index is 11.3. The quantitative estimate of drug-likeness (QED) is 0.864. The minimum Gasteiger partial charge on any atom is -0.478 e. The molecule has 0 saturated carbocycles. The van der Waals surface area contributed by atoms with Gasteiger partial charge in [-0.25, -0.2) is 4.79 Å². The number of carbonyl (C=O) groups is 1. The van der Waals surface area contributed by atoms with E-state index in [-0.39, 0.29) is 11.6 Å². The third kappa shape index (κ3) is 2.34. The Morgan fingerprint density at radius 2 is 2.28 bits per heavy atom. The Morgan fingerprint density at radius 1 is 1.56 bits per heavy atom. The molecule has 1 aliphatic rings. The number of anilines is 1. The Kier molecular flexibility index (Phi) is 3.30. The maximum atomic E-state index is 11.3. The van der Waals surface area contributed by atoms with E-state index >= 15 is 0 Å². The van der Waals surface area contributed by atoms with Gasteiger partial charge in [0.05, 0.1) is 17.2 Å². The Morgan fingerprint density at radius 3 is 2.83 bits per heavy atom. The summed E-state index contributed by atoms with van der Waals surface area (Å²) in [6.07, 6.45) is 0.946. The molecule has 2 rings (SSSR count). The van der Waals surface area contributed by atoms with Crippen LogP contribution in [0.3, 0.4) is 0 Å². The van der Waals surface area contributed by atoms with Crippen molar-refractivity contribution in [1.29, 1.82) is 0 Å². The van der Waals surface area contributed by atoms with E-state index in [0.717, 1.165) is 12.0 Å². The number of aromatic carboxylic acids is 1. The van der Waals surface area contributed by atoms with Gasteiger partial charge in [0.1, 0.15) is 0 Å². The lowest BCUT2D eigenvalue weighted by Gasteiger charge is -2.30. The van der Waals surface area contributed by atoms with Crippen LogP contribution in [-0.4, -0.2) is 29.3 Å². The van der Waals surface area contributed by atoms with Crippen molar-refractivity contribution < 1.29 is 14.6 Å². The Labute approximate surface area is 107 Å². The van der Waals surface area contributed by atoms with Gasteiger partial charge in [-0.1, -0.05) is 11.6 Å². The molecule has 1 fully saturated rings. The minimum atomic E-state index is -0.906. The van der Waals surface area contributed by atoms with E-state index in [9.17, 15) is 9.90 Å². The molecule has 0 radical (unpaired) electrons. The van der Waals surface area contributed by atoms with Gasteiger partial charge in [-0.05, 0) is 39.3 Å². The predicted octanol–water partition coefficient (Wildman–Crippen LogP) is 2.67. The summed E-state index contributed by atoms with van der Waals surface area (Å²) < 4.78 is 5.55. The van der Waals surface area contributed by atoms with Crippen LogP contribution in [-0.2, 0) is 4.74 Å². The van der Waals surface area contributed by atoms with Crippen molar-refractivity contribution in [3.63, 3.8) is 0 Å². The number of carboxylic acids is 1. The van der Waals surface area contributed by atoms with Crippen LogP contribution in [0, 0.1) is 6.92 Å². The number of hydrogen-bond donors (Lipinski definition) is 2. The molecule has 1 aromatic rings. The lowest BCUT2D eigenvalue weighted by atomic mass is 9.93. The number of ether oxygens (including phenoxy) is 1. The highest BCUT2D eigenvalue weighted by atomic mass is 16.5. The number of nitrogens with one attached hydrogen (secondary N) is 1. The molecule has 18 heavy (non-hydrogen) atoms. The molecule has 4 nitrogen and oxygen atoms in total. The van der Waals surface area contributed by atoms with Gasteiger partial charge in [-0.15, -0.1) is 0 Å². The number of carboxylic acid groups (broad SMARTS) is 1. The molecule has 0 amide bonds. The van der Waals surface area contributed by atoms with Crippen molar-refractivity contribution >= 4 is 11.7 Å². The molecule has 2 N–H and O–H groups in total. The molecule has 1 saturated heterocycles. The second-order valence-electron chi connectivity index (χ2n) is 5.16. The van der Waals surface area contributed by atoms with Crippen LogP contribution in [0.4, 0.5) is 5.69 Å². The third-order valence-electron chi connectivity index (χ3n) is 3.71. The molecular formula is C14H19NO3. The first-order chi connectivity index (χ1) is 8.42. The zero-order chi connectivity index (χ0) is 13.3. The van der Waals surface area contributed by atoms with Crippen LogP contribution in [0.1, 0.15) is 36.2 Å². The van der Waals surface area contributed by atoms with Crippen LogP contribution in [0.15, 0.2) is 18.2 Å². The molecule has 98 valence electrons. The van der Waals surface area contributed by atoms with Crippen molar-refractivity contribution in [2.24, 2.45) is 0 Å². The summed E-state index contributed by atoms with van der Waals surface area (Å²) in [6.45, 7) is 6.67. The monoisotopic (exact) mass is 249 g/mol. The van der Waals surface area contributed by atoms with Crippen molar-refractivity contribution in [3.8, 4) is 0 Å². The molecule has 4 heteroatoms. The molecule has 0 aliphatic carbocycles. The number of benzene rings is 1. The smallest absolute Gasteiger partial charge is 0.337 e. The Hall–Kier alpha value is -1.55. The zero-order valence-electron chi connectivity index (χ0n) is 11.0. The lowest BCUT2D eigenvalue weighted by molar-refractivity contribution is 0.0697. The second kappa shape index (κ2) is 4.61. The first-order valence-corrected chi connectivity index (χ1v) is 6.16. The topological polar surface area (TPSA) is 58.6 Å². The van der Waals surface area contributed by atoms with E-state index in [4.69, 9.17) is 4.74 Å². The van der Waals surface area contributed by atoms with E-state index in [0.29, 0.717) is 17.9 Å². The van der Waals surface area contributed by atoms with E-state index < -0.39 is 5.97 Å². The van der Waals surface area contributed by atoms with Gasteiger partial charge in [0.15, 0.2) is 0 Å². The summed E-state index contributed by atoms with van der Waals surface area (Å²) in [7, 11) is 0. The number of hydrogen-bond acceptors (Lipinski definition) is 3. The fourth-order valence-corrected chi connectivity index (χ4v) is 2.25. The van der Waals surface area contributed by atoms with Gasteiger partial charge >= 0.3 is 5.97 Å². The van der Waals surface area contributed by atoms with Gasteiger partial charge < -0.3 is 15.2 Å². The molecule has 2 atom stereocenters. The van der Waals surface area contributed by atoms with E-state index in [1.165, 1.54) is 0 Å². The Bertz CT molecular complexity index is 472. The number of rotatable bonds is 3. The molecule has 0 spiro atoms.